The monoisotopic (exact) mass is 206 g/mol. The summed E-state index contributed by atoms with van der Waals surface area (Å²) in [5.74, 6) is 0. The molecule has 0 aromatic heterocycles. The minimum Gasteiger partial charge on any atom is -0.399 e. The number of hydrogen-bond acceptors (Lipinski definition) is 2. The van der Waals surface area contributed by atoms with Gasteiger partial charge < -0.3 is 5.73 Å². The highest BCUT2D eigenvalue weighted by atomic mass is 14.5. The number of rotatable bonds is 0. The molecular weight excluding hydrogens is 196 g/mol. The van der Waals surface area contributed by atoms with Crippen LogP contribution in [0.4, 0.5) is 5.69 Å². The van der Waals surface area contributed by atoms with Gasteiger partial charge in [-0.3, -0.25) is 0 Å². The first-order valence-corrected chi connectivity index (χ1v) is 5.20. The van der Waals surface area contributed by atoms with Gasteiger partial charge in [-0.1, -0.05) is 12.1 Å². The summed E-state index contributed by atoms with van der Waals surface area (Å²) in [5, 5.41) is 8.86. The summed E-state index contributed by atoms with van der Waals surface area (Å²) in [5.41, 5.74) is 12.2. The van der Waals surface area contributed by atoms with Crippen LogP contribution < -0.4 is 5.73 Å². The van der Waals surface area contributed by atoms with Crippen molar-refractivity contribution in [2.75, 3.05) is 5.73 Å². The molecule has 0 radical (unpaired) electrons. The Kier molecular flexibility index (Phi) is 1.75. The third kappa shape index (κ3) is 1.19. The second-order valence-electron chi connectivity index (χ2n) is 4.08. The van der Waals surface area contributed by atoms with Crippen LogP contribution in [0.15, 0.2) is 36.4 Å². The molecule has 2 heteroatoms. The Balaban J connectivity index is 2.21. The lowest BCUT2D eigenvalue weighted by Crippen LogP contribution is -1.86. The average molecular weight is 206 g/mol. The molecular formula is C14H10N2. The summed E-state index contributed by atoms with van der Waals surface area (Å²) in [6, 6.07) is 14.0. The topological polar surface area (TPSA) is 49.8 Å². The van der Waals surface area contributed by atoms with E-state index in [9.17, 15) is 0 Å². The lowest BCUT2D eigenvalue weighted by Gasteiger charge is -2.01. The van der Waals surface area contributed by atoms with Crippen LogP contribution in [0.3, 0.4) is 0 Å². The van der Waals surface area contributed by atoms with Crippen LogP contribution in [-0.4, -0.2) is 0 Å². The molecule has 2 aromatic carbocycles. The Morgan fingerprint density at radius 2 is 1.69 bits per heavy atom. The Bertz CT molecular complexity index is 621. The van der Waals surface area contributed by atoms with Crippen LogP contribution in [0.1, 0.15) is 16.7 Å². The van der Waals surface area contributed by atoms with Crippen molar-refractivity contribution in [1.82, 2.24) is 0 Å². The van der Waals surface area contributed by atoms with Gasteiger partial charge in [-0.05, 0) is 52.9 Å². The van der Waals surface area contributed by atoms with E-state index in [0.29, 0.717) is 0 Å². The molecule has 0 heterocycles. The molecule has 0 amide bonds. The predicted molar refractivity (Wildman–Crippen MR) is 63.8 cm³/mol. The summed E-state index contributed by atoms with van der Waals surface area (Å²) in [4.78, 5) is 0. The first-order valence-electron chi connectivity index (χ1n) is 5.20. The Labute approximate surface area is 93.9 Å². The molecule has 76 valence electrons. The quantitative estimate of drug-likeness (QED) is 0.575. The van der Waals surface area contributed by atoms with E-state index >= 15 is 0 Å². The first kappa shape index (κ1) is 8.99. The molecule has 0 saturated carbocycles. The maximum Gasteiger partial charge on any atom is 0.0991 e. The normalized spacial score (nSPS) is 11.7. The summed E-state index contributed by atoms with van der Waals surface area (Å²) in [6.45, 7) is 0. The third-order valence-corrected chi connectivity index (χ3v) is 3.03. The number of anilines is 1. The molecule has 1 aliphatic carbocycles. The number of nitriles is 1. The molecule has 3 rings (SSSR count). The average Bonchev–Trinajstić information content (AvgIpc) is 2.64. The number of nitrogen functional groups attached to an aromatic ring is 1. The third-order valence-electron chi connectivity index (χ3n) is 3.03. The summed E-state index contributed by atoms with van der Waals surface area (Å²) >= 11 is 0. The smallest absolute Gasteiger partial charge is 0.0991 e. The zero-order valence-electron chi connectivity index (χ0n) is 8.70. The van der Waals surface area contributed by atoms with E-state index in [1.165, 1.54) is 22.3 Å². The molecule has 0 bridgehead atoms. The molecule has 2 N–H and O–H groups in total. The predicted octanol–water partition coefficient (Wildman–Crippen LogP) is 2.71. The summed E-state index contributed by atoms with van der Waals surface area (Å²) in [6.07, 6.45) is 0.880. The van der Waals surface area contributed by atoms with Crippen molar-refractivity contribution in [2.24, 2.45) is 0 Å². The van der Waals surface area contributed by atoms with Crippen molar-refractivity contribution in [2.45, 2.75) is 6.42 Å². The van der Waals surface area contributed by atoms with Gasteiger partial charge in [0.15, 0.2) is 0 Å². The van der Waals surface area contributed by atoms with E-state index in [0.717, 1.165) is 17.7 Å². The lowest BCUT2D eigenvalue weighted by atomic mass is 10.0. The van der Waals surface area contributed by atoms with Gasteiger partial charge in [0.05, 0.1) is 11.6 Å². The first-order chi connectivity index (χ1) is 7.78. The van der Waals surface area contributed by atoms with Gasteiger partial charge in [0.1, 0.15) is 0 Å². The molecule has 0 spiro atoms. The summed E-state index contributed by atoms with van der Waals surface area (Å²) in [7, 11) is 0. The number of benzene rings is 2. The highest BCUT2D eigenvalue weighted by molar-refractivity contribution is 5.78. The fraction of sp³-hybridized carbons (Fsp3) is 0.0714. The zero-order chi connectivity index (χ0) is 11.1. The minimum atomic E-state index is 0.722. The lowest BCUT2D eigenvalue weighted by molar-refractivity contribution is 1.26. The van der Waals surface area contributed by atoms with Crippen molar-refractivity contribution < 1.29 is 0 Å². The van der Waals surface area contributed by atoms with Gasteiger partial charge in [-0.15, -0.1) is 0 Å². The number of fused-ring (bicyclic) bond motifs is 3. The highest BCUT2D eigenvalue weighted by Gasteiger charge is 2.18. The second kappa shape index (κ2) is 3.11. The molecule has 16 heavy (non-hydrogen) atoms. The van der Waals surface area contributed by atoms with Crippen LogP contribution in [0, 0.1) is 11.3 Å². The molecule has 0 fully saturated rings. The maximum atomic E-state index is 8.86. The van der Waals surface area contributed by atoms with Gasteiger partial charge in [-0.25, -0.2) is 0 Å². The van der Waals surface area contributed by atoms with Gasteiger partial charge in [0.2, 0.25) is 0 Å². The molecule has 1 aliphatic rings. The van der Waals surface area contributed by atoms with Gasteiger partial charge in [-0.2, -0.15) is 5.26 Å². The van der Waals surface area contributed by atoms with Crippen molar-refractivity contribution in [3.63, 3.8) is 0 Å². The maximum absolute atomic E-state index is 8.86. The second-order valence-corrected chi connectivity index (χ2v) is 4.08. The van der Waals surface area contributed by atoms with Gasteiger partial charge >= 0.3 is 0 Å². The Hall–Kier alpha value is -2.27. The van der Waals surface area contributed by atoms with Crippen LogP contribution in [0.5, 0.6) is 0 Å². The molecule has 2 nitrogen and oxygen atoms in total. The zero-order valence-corrected chi connectivity index (χ0v) is 8.70. The Morgan fingerprint density at radius 3 is 2.44 bits per heavy atom. The minimum absolute atomic E-state index is 0.722. The van der Waals surface area contributed by atoms with Gasteiger partial charge in [0, 0.05) is 5.69 Å². The number of nitrogens with zero attached hydrogens (tertiary/aromatic N) is 1. The van der Waals surface area contributed by atoms with E-state index in [-0.39, 0.29) is 0 Å². The standard InChI is InChI=1S/C14H10N2/c15-8-9-1-3-13-10(5-9)6-11-7-12(16)2-4-14(11)13/h1-5,7H,6,16H2. The van der Waals surface area contributed by atoms with E-state index in [4.69, 9.17) is 11.0 Å². The van der Waals surface area contributed by atoms with Crippen molar-refractivity contribution in [3.05, 3.63) is 53.1 Å². The van der Waals surface area contributed by atoms with E-state index in [1.807, 2.05) is 30.3 Å². The van der Waals surface area contributed by atoms with Crippen LogP contribution in [-0.2, 0) is 6.42 Å². The fourth-order valence-corrected chi connectivity index (χ4v) is 2.30. The van der Waals surface area contributed by atoms with E-state index < -0.39 is 0 Å². The SMILES string of the molecule is N#Cc1ccc2c(c1)Cc1cc(N)ccc1-2. The van der Waals surface area contributed by atoms with Crippen LogP contribution >= 0.6 is 0 Å². The number of nitrogens with two attached hydrogens (primary N) is 1. The molecule has 0 atom stereocenters. The Morgan fingerprint density at radius 1 is 1.00 bits per heavy atom. The number of hydrogen-bond donors (Lipinski definition) is 1. The van der Waals surface area contributed by atoms with Gasteiger partial charge in [0.25, 0.3) is 0 Å². The molecule has 0 aliphatic heterocycles. The van der Waals surface area contributed by atoms with E-state index in [2.05, 4.69) is 12.1 Å². The van der Waals surface area contributed by atoms with Crippen molar-refractivity contribution >= 4 is 5.69 Å². The molecule has 0 unspecified atom stereocenters. The van der Waals surface area contributed by atoms with Crippen LogP contribution in [0.25, 0.3) is 11.1 Å². The van der Waals surface area contributed by atoms with Crippen molar-refractivity contribution in [3.8, 4) is 17.2 Å². The molecule has 0 saturated heterocycles. The summed E-state index contributed by atoms with van der Waals surface area (Å²) < 4.78 is 0. The fourth-order valence-electron chi connectivity index (χ4n) is 2.30. The highest BCUT2D eigenvalue weighted by Crippen LogP contribution is 2.37. The van der Waals surface area contributed by atoms with E-state index in [1.54, 1.807) is 0 Å². The van der Waals surface area contributed by atoms with Crippen LogP contribution in [0.2, 0.25) is 0 Å². The largest absolute Gasteiger partial charge is 0.399 e. The molecule has 2 aromatic rings. The van der Waals surface area contributed by atoms with Crippen molar-refractivity contribution in [1.29, 1.82) is 5.26 Å².